The van der Waals surface area contributed by atoms with Crippen molar-refractivity contribution in [3.8, 4) is 0 Å². The summed E-state index contributed by atoms with van der Waals surface area (Å²) in [6, 6.07) is 19.6. The van der Waals surface area contributed by atoms with Crippen molar-refractivity contribution in [3.05, 3.63) is 146 Å². The van der Waals surface area contributed by atoms with Crippen LogP contribution < -0.4 is 0 Å². The number of ketones is 1. The molecule has 3 aliphatic heterocycles. The number of aliphatic hydroxyl groups is 1. The lowest BCUT2D eigenvalue weighted by atomic mass is 9.84. The number of benzene rings is 2. The Balaban J connectivity index is 0.000000178. The number of carbonyl (C=O) groups is 3. The molecule has 0 bridgehead atoms. The van der Waals surface area contributed by atoms with Crippen LogP contribution >= 0.6 is 39.1 Å². The number of pyridine rings is 2. The van der Waals surface area contributed by atoms with Crippen LogP contribution in [0.15, 0.2) is 90.6 Å². The van der Waals surface area contributed by atoms with Gasteiger partial charge in [0.05, 0.1) is 48.7 Å². The van der Waals surface area contributed by atoms with E-state index in [-0.39, 0.29) is 30.1 Å². The van der Waals surface area contributed by atoms with Gasteiger partial charge >= 0.3 is 12.2 Å². The van der Waals surface area contributed by atoms with E-state index in [1.807, 2.05) is 121 Å². The van der Waals surface area contributed by atoms with Crippen molar-refractivity contribution in [2.75, 3.05) is 66.0 Å². The predicted molar refractivity (Wildman–Crippen MR) is 307 cm³/mol. The number of imidazole rings is 1. The van der Waals surface area contributed by atoms with Gasteiger partial charge in [0.25, 0.3) is 6.34 Å². The third-order valence-corrected chi connectivity index (χ3v) is 15.0. The highest BCUT2D eigenvalue weighted by Gasteiger charge is 2.40. The van der Waals surface area contributed by atoms with Crippen LogP contribution in [-0.4, -0.2) is 156 Å². The Kier molecular flexibility index (Phi) is 17.4. The summed E-state index contributed by atoms with van der Waals surface area (Å²) in [6.45, 7) is 20.3. The molecule has 2 amide bonds. The van der Waals surface area contributed by atoms with E-state index >= 15 is 0 Å². The van der Waals surface area contributed by atoms with Gasteiger partial charge in [-0.15, -0.1) is 0 Å². The van der Waals surface area contributed by atoms with Gasteiger partial charge < -0.3 is 28.9 Å². The molecule has 2 aromatic carbocycles. The third-order valence-electron chi connectivity index (χ3n) is 13.8. The third kappa shape index (κ3) is 13.3. The van der Waals surface area contributed by atoms with Crippen molar-refractivity contribution in [2.45, 2.75) is 84.3 Å². The van der Waals surface area contributed by atoms with E-state index in [9.17, 15) is 19.5 Å². The number of fused-ring (bicyclic) bond motifs is 4. The molecule has 0 spiro atoms. The number of halogens is 3. The van der Waals surface area contributed by atoms with E-state index in [1.165, 1.54) is 0 Å². The zero-order chi connectivity index (χ0) is 55.6. The lowest BCUT2D eigenvalue weighted by molar-refractivity contribution is -0.355. The highest BCUT2D eigenvalue weighted by Crippen LogP contribution is 2.47. The fourth-order valence-corrected chi connectivity index (χ4v) is 11.1. The monoisotopic (exact) mass is 1150 g/mol. The largest absolute Gasteiger partial charge is 0.444 e. The minimum absolute atomic E-state index is 0.0134. The molecule has 2 saturated heterocycles. The molecule has 1 unspecified atom stereocenters. The SMILES string of the molecule is CC(=O)C1=[N+](C)C=NC1.CC(C)(C)OC(=O)N1CCN([C@H]2c3ccc(Cl)cc3C(Br)=Cc3cccnc32)CC1.Cn1cncc1C(C)(O)C1=Cc2cccnc2[C@@H](N2CCN(C(=O)OC(C)(C)C)CC2)c2ccc(Cl)cc21. The van der Waals surface area contributed by atoms with E-state index < -0.39 is 16.8 Å². The van der Waals surface area contributed by atoms with Crippen LogP contribution in [0.2, 0.25) is 10.0 Å². The number of Topliss-reactive ketones (excluding diaryl/α,β-unsaturated/α-hetero) is 1. The summed E-state index contributed by atoms with van der Waals surface area (Å²) < 4.78 is 15.7. The maximum Gasteiger partial charge on any atom is 0.410 e. The number of rotatable bonds is 5. The van der Waals surface area contributed by atoms with Crippen LogP contribution in [0, 0.1) is 0 Å². The normalized spacial score (nSPS) is 19.2. The summed E-state index contributed by atoms with van der Waals surface area (Å²) in [4.78, 5) is 61.9. The molecule has 0 radical (unpaired) electrons. The number of aromatic nitrogens is 4. The number of ether oxygens (including phenoxy) is 2. The number of carbonyl (C=O) groups excluding carboxylic acids is 3. The molecular formula is C58H68BrCl2N10O6+. The Morgan fingerprint density at radius 2 is 1.19 bits per heavy atom. The number of aryl methyl sites for hydroxylation is 1. The fourth-order valence-electron chi connectivity index (χ4n) is 10.2. The van der Waals surface area contributed by atoms with Crippen molar-refractivity contribution in [1.29, 1.82) is 0 Å². The van der Waals surface area contributed by atoms with Crippen LogP contribution in [0.3, 0.4) is 0 Å². The number of hydrogen-bond donors (Lipinski definition) is 1. The molecule has 19 heteroatoms. The van der Waals surface area contributed by atoms with Gasteiger partial charge in [-0.3, -0.25) is 24.6 Å². The first-order valence-electron chi connectivity index (χ1n) is 25.7. The Hall–Kier alpha value is -6.08. The zero-order valence-corrected chi connectivity index (χ0v) is 48.5. The van der Waals surface area contributed by atoms with E-state index in [2.05, 4.69) is 53.9 Å². The summed E-state index contributed by atoms with van der Waals surface area (Å²) in [6.07, 6.45) is 12.3. The Labute approximate surface area is 469 Å². The lowest BCUT2D eigenvalue weighted by Crippen LogP contribution is -2.51. The molecule has 16 nitrogen and oxygen atoms in total. The molecule has 0 saturated carbocycles. The highest BCUT2D eigenvalue weighted by molar-refractivity contribution is 9.15. The molecule has 5 aromatic rings. The van der Waals surface area contributed by atoms with Gasteiger partial charge in [0.15, 0.2) is 18.0 Å². The van der Waals surface area contributed by atoms with Gasteiger partial charge in [0, 0.05) is 93.3 Å². The molecule has 1 N–H and O–H groups in total. The number of hydrogen-bond acceptors (Lipinski definition) is 12. The highest BCUT2D eigenvalue weighted by atomic mass is 79.9. The van der Waals surface area contributed by atoms with Crippen molar-refractivity contribution < 1.29 is 33.5 Å². The lowest BCUT2D eigenvalue weighted by Gasteiger charge is -2.40. The van der Waals surface area contributed by atoms with Gasteiger partial charge in [0.1, 0.15) is 16.8 Å². The smallest absolute Gasteiger partial charge is 0.410 e. The molecule has 2 aliphatic carbocycles. The minimum atomic E-state index is -1.35. The summed E-state index contributed by atoms with van der Waals surface area (Å²) >= 11 is 16.6. The number of nitrogens with zero attached hydrogens (tertiary/aromatic N) is 10. The minimum Gasteiger partial charge on any atom is -0.444 e. The van der Waals surface area contributed by atoms with Crippen LogP contribution in [0.4, 0.5) is 9.59 Å². The van der Waals surface area contributed by atoms with Crippen molar-refractivity contribution in [2.24, 2.45) is 12.0 Å². The van der Waals surface area contributed by atoms with E-state index in [4.69, 9.17) is 42.6 Å². The molecule has 5 aliphatic rings. The molecule has 77 heavy (non-hydrogen) atoms. The van der Waals surface area contributed by atoms with Crippen LogP contribution in [0.5, 0.6) is 0 Å². The molecule has 6 heterocycles. The number of piperazine rings is 2. The average molecular weight is 1150 g/mol. The van der Waals surface area contributed by atoms with Crippen molar-refractivity contribution in [3.63, 3.8) is 0 Å². The van der Waals surface area contributed by atoms with Gasteiger partial charge in [0.2, 0.25) is 0 Å². The average Bonchev–Trinajstić information content (AvgIpc) is 3.97. The second-order valence-electron chi connectivity index (χ2n) is 21.8. The standard InChI is InChI=1S/C29H34ClN5O3.C23H25BrClN3O2.C6H9N2O/c1-28(2,3)38-27(36)35-13-11-34(12-14-35)26-21-9-8-20(30)16-22(21)23(15-19-7-6-10-32-25(19)26)29(4,37)24-17-31-18-33(24)5;1-23(2,3)30-22(29)28-11-9-27(10-12-28)21-17-7-6-16(25)14-18(17)19(24)13-15-5-4-8-26-20(15)21;1-5(9)6-3-7-4-8(6)2/h6-10,15-18,26,37H,11-14H2,1-5H3;4-8,13-14,21H,9-12H2,1-3H3;4H,3H2,1-2H3/q;;+1/t26-,29?;21-;/m00./s1. The molecule has 2 fully saturated rings. The number of aliphatic imine (C=N–C) groups is 1. The first-order chi connectivity index (χ1) is 36.4. The Morgan fingerprint density at radius 1 is 0.714 bits per heavy atom. The van der Waals surface area contributed by atoms with Crippen molar-refractivity contribution >= 4 is 91.4 Å². The fraction of sp³-hybridized carbons (Fsp3) is 0.414. The van der Waals surface area contributed by atoms with Gasteiger partial charge in [-0.2, -0.15) is 0 Å². The molecule has 3 atom stereocenters. The van der Waals surface area contributed by atoms with E-state index in [0.29, 0.717) is 61.6 Å². The Bertz CT molecular complexity index is 3160. The van der Waals surface area contributed by atoms with Crippen LogP contribution in [0.1, 0.15) is 118 Å². The van der Waals surface area contributed by atoms with Crippen LogP contribution in [0.25, 0.3) is 22.2 Å². The van der Waals surface area contributed by atoms with Crippen molar-refractivity contribution in [1.82, 2.24) is 39.1 Å². The first kappa shape index (κ1) is 57.1. The van der Waals surface area contributed by atoms with Gasteiger partial charge in [-0.05, 0) is 136 Å². The van der Waals surface area contributed by atoms with Crippen LogP contribution in [-0.2, 0) is 26.9 Å². The zero-order valence-electron chi connectivity index (χ0n) is 45.4. The van der Waals surface area contributed by atoms with E-state index in [1.54, 1.807) is 53.3 Å². The predicted octanol–water partition coefficient (Wildman–Crippen LogP) is 10.2. The number of amides is 2. The summed E-state index contributed by atoms with van der Waals surface area (Å²) in [5.41, 5.74) is 7.81. The van der Waals surface area contributed by atoms with E-state index in [0.717, 1.165) is 73.6 Å². The maximum atomic E-state index is 12.7. The topological polar surface area (TPSA) is 162 Å². The molecule has 406 valence electrons. The molecule has 10 rings (SSSR count). The molecular weight excluding hydrogens is 1080 g/mol. The molecule has 3 aromatic heterocycles. The van der Waals surface area contributed by atoms with Gasteiger partial charge in [-0.1, -0.05) is 68.4 Å². The summed E-state index contributed by atoms with van der Waals surface area (Å²) in [5, 5.41) is 13.3. The Morgan fingerprint density at radius 3 is 1.62 bits per heavy atom. The maximum absolute atomic E-state index is 12.7. The quantitative estimate of drug-likeness (QED) is 0.167. The summed E-state index contributed by atoms with van der Waals surface area (Å²) in [7, 11) is 3.70. The summed E-state index contributed by atoms with van der Waals surface area (Å²) in [5.74, 6) is 0.106. The second-order valence-corrected chi connectivity index (χ2v) is 23.5. The first-order valence-corrected chi connectivity index (χ1v) is 27.3. The van der Waals surface area contributed by atoms with Gasteiger partial charge in [-0.25, -0.2) is 19.1 Å². The second kappa shape index (κ2) is 23.5.